The fourth-order valence-corrected chi connectivity index (χ4v) is 2.60. The molecule has 1 fully saturated rings. The second-order valence-electron chi connectivity index (χ2n) is 5.67. The van der Waals surface area contributed by atoms with Crippen molar-refractivity contribution < 1.29 is 14.2 Å². The third-order valence-electron chi connectivity index (χ3n) is 4.24. The summed E-state index contributed by atoms with van der Waals surface area (Å²) in [6.07, 6.45) is 2.47. The van der Waals surface area contributed by atoms with Crippen molar-refractivity contribution in [2.24, 2.45) is 4.99 Å². The van der Waals surface area contributed by atoms with E-state index in [4.69, 9.17) is 4.74 Å². The molecule has 2 rings (SSSR count). The van der Waals surface area contributed by atoms with Crippen molar-refractivity contribution in [2.75, 3.05) is 27.2 Å². The van der Waals surface area contributed by atoms with Gasteiger partial charge in [0.15, 0.2) is 5.72 Å². The summed E-state index contributed by atoms with van der Waals surface area (Å²) in [4.78, 5) is 7.86. The SMILES string of the molecule is CC/C(F)=C1/N=C(OC[C@@H]2CCCN2C)N(C)C1(C)O. The van der Waals surface area contributed by atoms with Crippen LogP contribution in [-0.2, 0) is 4.74 Å². The van der Waals surface area contributed by atoms with Gasteiger partial charge in [0.25, 0.3) is 6.02 Å². The summed E-state index contributed by atoms with van der Waals surface area (Å²) in [5.74, 6) is -0.404. The second kappa shape index (κ2) is 5.69. The van der Waals surface area contributed by atoms with Crippen LogP contribution in [0.15, 0.2) is 16.5 Å². The van der Waals surface area contributed by atoms with Crippen molar-refractivity contribution in [3.05, 3.63) is 11.5 Å². The number of aliphatic hydroxyl groups is 1. The topological polar surface area (TPSA) is 48.3 Å². The van der Waals surface area contributed by atoms with Crippen LogP contribution >= 0.6 is 0 Å². The van der Waals surface area contributed by atoms with E-state index in [-0.39, 0.29) is 18.1 Å². The molecule has 0 bridgehead atoms. The molecule has 1 saturated heterocycles. The number of ether oxygens (including phenoxy) is 1. The predicted molar refractivity (Wildman–Crippen MR) is 75.9 cm³/mol. The Hall–Kier alpha value is -1.14. The summed E-state index contributed by atoms with van der Waals surface area (Å²) in [6, 6.07) is 0.647. The van der Waals surface area contributed by atoms with E-state index in [2.05, 4.69) is 16.9 Å². The molecule has 2 aliphatic heterocycles. The van der Waals surface area contributed by atoms with Gasteiger partial charge in [-0.05, 0) is 39.8 Å². The molecule has 2 atom stereocenters. The van der Waals surface area contributed by atoms with E-state index >= 15 is 0 Å². The van der Waals surface area contributed by atoms with Crippen molar-refractivity contribution in [2.45, 2.75) is 44.9 Å². The fraction of sp³-hybridized carbons (Fsp3) is 0.786. The van der Waals surface area contributed by atoms with E-state index in [1.165, 1.54) is 18.2 Å². The first-order valence-electron chi connectivity index (χ1n) is 7.15. The van der Waals surface area contributed by atoms with Crippen LogP contribution in [0.4, 0.5) is 4.39 Å². The number of nitrogens with zero attached hydrogens (tertiary/aromatic N) is 3. The van der Waals surface area contributed by atoms with Gasteiger partial charge in [0.1, 0.15) is 18.1 Å². The summed E-state index contributed by atoms with van der Waals surface area (Å²) in [6.45, 7) is 4.81. The number of hydrogen-bond acceptors (Lipinski definition) is 5. The highest BCUT2D eigenvalue weighted by Gasteiger charge is 2.42. The predicted octanol–water partition coefficient (Wildman–Crippen LogP) is 1.70. The molecule has 20 heavy (non-hydrogen) atoms. The van der Waals surface area contributed by atoms with Crippen LogP contribution in [0, 0.1) is 0 Å². The Morgan fingerprint density at radius 2 is 2.25 bits per heavy atom. The highest BCUT2D eigenvalue weighted by atomic mass is 19.1. The van der Waals surface area contributed by atoms with E-state index in [1.807, 2.05) is 0 Å². The lowest BCUT2D eigenvalue weighted by Gasteiger charge is -2.29. The molecule has 114 valence electrons. The lowest BCUT2D eigenvalue weighted by molar-refractivity contribution is -0.0107. The van der Waals surface area contributed by atoms with E-state index in [9.17, 15) is 9.50 Å². The van der Waals surface area contributed by atoms with Crippen LogP contribution in [-0.4, -0.2) is 59.9 Å². The zero-order valence-corrected chi connectivity index (χ0v) is 12.7. The first-order chi connectivity index (χ1) is 9.37. The van der Waals surface area contributed by atoms with Crippen LogP contribution in [0.5, 0.6) is 0 Å². The van der Waals surface area contributed by atoms with Gasteiger partial charge in [0.2, 0.25) is 0 Å². The smallest absolute Gasteiger partial charge is 0.294 e. The first kappa shape index (κ1) is 15.3. The molecule has 0 radical (unpaired) electrons. The zero-order chi connectivity index (χ0) is 14.9. The molecule has 1 N–H and O–H groups in total. The molecule has 0 aliphatic carbocycles. The van der Waals surface area contributed by atoms with Gasteiger partial charge in [-0.2, -0.15) is 4.99 Å². The Morgan fingerprint density at radius 3 is 2.80 bits per heavy atom. The molecule has 0 spiro atoms. The van der Waals surface area contributed by atoms with Crippen molar-refractivity contribution in [1.29, 1.82) is 0 Å². The lowest BCUT2D eigenvalue weighted by atomic mass is 10.1. The van der Waals surface area contributed by atoms with Gasteiger partial charge in [-0.1, -0.05) is 6.92 Å². The first-order valence-corrected chi connectivity index (χ1v) is 7.15. The molecular weight excluding hydrogens is 261 g/mol. The molecule has 2 aliphatic rings. The largest absolute Gasteiger partial charge is 0.463 e. The standard InChI is InChI=1S/C14H24FN3O2/c1-5-11(15)12-14(2,19)18(4)13(16-12)20-9-10-7-6-8-17(10)3/h10,19H,5-9H2,1-4H3/b12-11-/t10-,14?/m0/s1. The lowest BCUT2D eigenvalue weighted by Crippen LogP contribution is -2.45. The van der Waals surface area contributed by atoms with Gasteiger partial charge in [-0.3, -0.25) is 4.90 Å². The van der Waals surface area contributed by atoms with Crippen molar-refractivity contribution >= 4 is 6.02 Å². The molecule has 0 saturated carbocycles. The van der Waals surface area contributed by atoms with Crippen LogP contribution in [0.1, 0.15) is 33.1 Å². The summed E-state index contributed by atoms with van der Waals surface area (Å²) < 4.78 is 19.5. The average molecular weight is 285 g/mol. The summed E-state index contributed by atoms with van der Waals surface area (Å²) >= 11 is 0. The van der Waals surface area contributed by atoms with Gasteiger partial charge in [0, 0.05) is 13.1 Å². The highest BCUT2D eigenvalue weighted by molar-refractivity contribution is 5.79. The quantitative estimate of drug-likeness (QED) is 0.857. The molecule has 2 heterocycles. The Morgan fingerprint density at radius 1 is 1.55 bits per heavy atom. The van der Waals surface area contributed by atoms with Gasteiger partial charge in [0.05, 0.1) is 0 Å². The number of halogens is 1. The van der Waals surface area contributed by atoms with Crippen LogP contribution in [0.2, 0.25) is 0 Å². The molecule has 0 aromatic rings. The third-order valence-corrected chi connectivity index (χ3v) is 4.24. The molecule has 0 aromatic carbocycles. The molecule has 6 heteroatoms. The van der Waals surface area contributed by atoms with Gasteiger partial charge in [-0.25, -0.2) is 4.39 Å². The fourth-order valence-electron chi connectivity index (χ4n) is 2.60. The summed E-state index contributed by atoms with van der Waals surface area (Å²) in [5.41, 5.74) is -1.39. The maximum absolute atomic E-state index is 13.8. The van der Waals surface area contributed by atoms with E-state index in [0.717, 1.165) is 13.0 Å². The Bertz CT molecular complexity index is 434. The number of aliphatic imine (C=N–C) groups is 1. The maximum atomic E-state index is 13.8. The number of hydrogen-bond donors (Lipinski definition) is 1. The van der Waals surface area contributed by atoms with E-state index in [1.54, 1.807) is 14.0 Å². The number of allylic oxidation sites excluding steroid dienone is 1. The maximum Gasteiger partial charge on any atom is 0.294 e. The Balaban J connectivity index is 2.08. The minimum absolute atomic E-state index is 0.0530. The average Bonchev–Trinajstić information content (AvgIpc) is 2.91. The van der Waals surface area contributed by atoms with Gasteiger partial charge >= 0.3 is 0 Å². The van der Waals surface area contributed by atoms with E-state index < -0.39 is 11.6 Å². The summed E-state index contributed by atoms with van der Waals surface area (Å²) in [5, 5.41) is 10.4. The van der Waals surface area contributed by atoms with Crippen LogP contribution < -0.4 is 0 Å². The van der Waals surface area contributed by atoms with Gasteiger partial charge in [-0.15, -0.1) is 0 Å². The monoisotopic (exact) mass is 285 g/mol. The molecule has 1 unspecified atom stereocenters. The van der Waals surface area contributed by atoms with Crippen LogP contribution in [0.3, 0.4) is 0 Å². The number of likely N-dealkylation sites (N-methyl/N-ethyl adjacent to an activating group) is 2. The van der Waals surface area contributed by atoms with Crippen molar-refractivity contribution in [1.82, 2.24) is 9.80 Å². The van der Waals surface area contributed by atoms with E-state index in [0.29, 0.717) is 12.6 Å². The highest BCUT2D eigenvalue weighted by Crippen LogP contribution is 2.33. The second-order valence-corrected chi connectivity index (χ2v) is 5.67. The minimum Gasteiger partial charge on any atom is -0.463 e. The van der Waals surface area contributed by atoms with Crippen LogP contribution in [0.25, 0.3) is 0 Å². The number of likely N-dealkylation sites (tertiary alicyclic amines) is 1. The Labute approximate surface area is 119 Å². The van der Waals surface area contributed by atoms with Gasteiger partial charge < -0.3 is 14.7 Å². The normalized spacial score (nSPS) is 33.6. The number of amidine groups is 1. The van der Waals surface area contributed by atoms with Crippen molar-refractivity contribution in [3.63, 3.8) is 0 Å². The van der Waals surface area contributed by atoms with Crippen molar-refractivity contribution in [3.8, 4) is 0 Å². The molecule has 0 aromatic heterocycles. The summed E-state index contributed by atoms with van der Waals surface area (Å²) in [7, 11) is 3.73. The molecule has 5 nitrogen and oxygen atoms in total. The molecule has 0 amide bonds. The Kier molecular flexibility index (Phi) is 4.34. The third kappa shape index (κ3) is 2.67. The number of rotatable bonds is 3. The zero-order valence-electron chi connectivity index (χ0n) is 12.7. The molecular formula is C14H24FN3O2. The minimum atomic E-state index is -1.45.